The Balaban J connectivity index is 1.44. The molecule has 9 heteroatoms. The van der Waals surface area contributed by atoms with E-state index >= 15 is 0 Å². The Labute approximate surface area is 192 Å². The molecule has 4 rings (SSSR count). The molecule has 33 heavy (non-hydrogen) atoms. The van der Waals surface area contributed by atoms with Gasteiger partial charge in [-0.1, -0.05) is 17.7 Å². The summed E-state index contributed by atoms with van der Waals surface area (Å²) in [7, 11) is 0. The van der Waals surface area contributed by atoms with Crippen LogP contribution < -0.4 is 15.4 Å². The minimum absolute atomic E-state index is 0.150. The van der Waals surface area contributed by atoms with Crippen molar-refractivity contribution in [3.05, 3.63) is 59.7 Å². The molecule has 2 heterocycles. The fraction of sp³-hybridized carbons (Fsp3) is 0.375. The molecule has 0 spiro atoms. The number of nitrogens with zero attached hydrogens (tertiary/aromatic N) is 5. The van der Waals surface area contributed by atoms with Gasteiger partial charge in [-0.15, -0.1) is 0 Å². The zero-order valence-corrected chi connectivity index (χ0v) is 18.7. The van der Waals surface area contributed by atoms with Crippen LogP contribution in [-0.4, -0.2) is 36.7 Å². The van der Waals surface area contributed by atoms with E-state index < -0.39 is 5.60 Å². The average molecular weight is 446 g/mol. The van der Waals surface area contributed by atoms with Crippen LogP contribution >= 0.6 is 0 Å². The molecule has 2 aromatic heterocycles. The second-order valence-electron chi connectivity index (χ2n) is 8.61. The molecule has 3 N–H and O–H groups in total. The first-order valence-electron chi connectivity index (χ1n) is 11.0. The first kappa shape index (κ1) is 22.4. The highest BCUT2D eigenvalue weighted by Gasteiger charge is 2.29. The van der Waals surface area contributed by atoms with Crippen molar-refractivity contribution in [2.75, 3.05) is 10.6 Å². The van der Waals surface area contributed by atoms with E-state index in [0.29, 0.717) is 48.3 Å². The summed E-state index contributed by atoms with van der Waals surface area (Å²) in [6.07, 6.45) is 7.66. The molecule has 0 aliphatic heterocycles. The molecule has 0 bridgehead atoms. The summed E-state index contributed by atoms with van der Waals surface area (Å²) >= 11 is 0. The first-order chi connectivity index (χ1) is 15.9. The number of aliphatic hydroxyl groups is 1. The summed E-state index contributed by atoms with van der Waals surface area (Å²) in [6, 6.07) is 10.0. The van der Waals surface area contributed by atoms with Crippen molar-refractivity contribution < 1.29 is 9.84 Å². The van der Waals surface area contributed by atoms with Crippen molar-refractivity contribution in [2.24, 2.45) is 0 Å². The van der Waals surface area contributed by atoms with Crippen LogP contribution in [0.4, 0.5) is 11.8 Å². The predicted molar refractivity (Wildman–Crippen MR) is 124 cm³/mol. The topological polar surface area (TPSA) is 129 Å². The van der Waals surface area contributed by atoms with Crippen molar-refractivity contribution >= 4 is 11.8 Å². The van der Waals surface area contributed by atoms with Crippen LogP contribution in [-0.2, 0) is 6.54 Å². The van der Waals surface area contributed by atoms with Gasteiger partial charge in [0.05, 0.1) is 17.4 Å². The zero-order chi connectivity index (χ0) is 23.3. The molecular formula is C24H27N7O2. The van der Waals surface area contributed by atoms with Crippen LogP contribution in [0.1, 0.15) is 49.3 Å². The number of aromatic nitrogens is 4. The summed E-state index contributed by atoms with van der Waals surface area (Å²) in [5, 5.41) is 26.2. The summed E-state index contributed by atoms with van der Waals surface area (Å²) in [6.45, 7) is 4.23. The van der Waals surface area contributed by atoms with Crippen LogP contribution in [0.2, 0.25) is 0 Å². The Bertz CT molecular complexity index is 1130. The molecule has 1 aliphatic rings. The molecule has 1 fully saturated rings. The van der Waals surface area contributed by atoms with E-state index in [9.17, 15) is 10.4 Å². The minimum atomic E-state index is -0.620. The molecule has 0 unspecified atom stereocenters. The second kappa shape index (κ2) is 9.79. The molecule has 9 nitrogen and oxygen atoms in total. The maximum absolute atomic E-state index is 10.2. The minimum Gasteiger partial charge on any atom is -0.439 e. The smallest absolute Gasteiger partial charge is 0.227 e. The number of nitrogens with one attached hydrogen (secondary N) is 2. The lowest BCUT2D eigenvalue weighted by molar-refractivity contribution is 0.0196. The normalized spacial score (nSPS) is 20.0. The van der Waals surface area contributed by atoms with Crippen molar-refractivity contribution in [1.82, 2.24) is 19.9 Å². The molecule has 3 aromatic rings. The fourth-order valence-electron chi connectivity index (χ4n) is 3.69. The Hall–Kier alpha value is -3.77. The van der Waals surface area contributed by atoms with Gasteiger partial charge in [-0.2, -0.15) is 10.2 Å². The lowest BCUT2D eigenvalue weighted by Gasteiger charge is -2.33. The van der Waals surface area contributed by atoms with Gasteiger partial charge >= 0.3 is 0 Å². The number of ether oxygens (including phenoxy) is 1. The molecule has 0 atom stereocenters. The SMILES string of the molecule is Cc1ccc(Oc2ncncc2CNc2ncc(C#N)c(N[C@H]3CC[C@@](C)(O)CC3)n2)cc1. The fourth-order valence-corrected chi connectivity index (χ4v) is 3.69. The highest BCUT2D eigenvalue weighted by Crippen LogP contribution is 2.30. The summed E-state index contributed by atoms with van der Waals surface area (Å²) in [5.74, 6) is 2.00. The van der Waals surface area contributed by atoms with Crippen LogP contribution in [0.15, 0.2) is 43.0 Å². The third kappa shape index (κ3) is 5.93. The highest BCUT2D eigenvalue weighted by atomic mass is 16.5. The van der Waals surface area contributed by atoms with Gasteiger partial charge < -0.3 is 20.5 Å². The third-order valence-corrected chi connectivity index (χ3v) is 5.73. The van der Waals surface area contributed by atoms with Gasteiger partial charge in [-0.3, -0.25) is 0 Å². The Morgan fingerprint density at radius 1 is 1.18 bits per heavy atom. The summed E-state index contributed by atoms with van der Waals surface area (Å²) in [4.78, 5) is 17.1. The lowest BCUT2D eigenvalue weighted by Crippen LogP contribution is -2.36. The highest BCUT2D eigenvalue weighted by molar-refractivity contribution is 5.54. The van der Waals surface area contributed by atoms with E-state index in [4.69, 9.17) is 4.74 Å². The van der Waals surface area contributed by atoms with E-state index in [1.165, 1.54) is 12.5 Å². The van der Waals surface area contributed by atoms with Gasteiger partial charge in [0.15, 0.2) is 0 Å². The standard InChI is InChI=1S/C24H27N7O2/c1-16-3-5-20(6-4-16)33-22-18(12-26-15-29-22)14-28-23-27-13-17(11-25)21(31-23)30-19-7-9-24(2,32)10-8-19/h3-6,12-13,15,19,32H,7-10,14H2,1-2H3,(H2,27,28,30,31)/t19-,24+. The van der Waals surface area contributed by atoms with Gasteiger partial charge in [-0.05, 0) is 51.7 Å². The van der Waals surface area contributed by atoms with E-state index in [-0.39, 0.29) is 6.04 Å². The van der Waals surface area contributed by atoms with Crippen LogP contribution in [0.3, 0.4) is 0 Å². The van der Waals surface area contributed by atoms with E-state index in [2.05, 4.69) is 36.6 Å². The van der Waals surface area contributed by atoms with Crippen molar-refractivity contribution in [3.63, 3.8) is 0 Å². The van der Waals surface area contributed by atoms with E-state index in [1.807, 2.05) is 38.1 Å². The van der Waals surface area contributed by atoms with Crippen molar-refractivity contribution in [2.45, 2.75) is 57.7 Å². The second-order valence-corrected chi connectivity index (χ2v) is 8.61. The van der Waals surface area contributed by atoms with Crippen LogP contribution in [0, 0.1) is 18.3 Å². The molecule has 1 aromatic carbocycles. The average Bonchev–Trinajstić information content (AvgIpc) is 2.81. The van der Waals surface area contributed by atoms with Gasteiger partial charge in [0.25, 0.3) is 0 Å². The van der Waals surface area contributed by atoms with E-state index in [1.54, 1.807) is 6.20 Å². The maximum Gasteiger partial charge on any atom is 0.227 e. The quantitative estimate of drug-likeness (QED) is 0.495. The number of anilines is 2. The molecule has 0 amide bonds. The van der Waals surface area contributed by atoms with Gasteiger partial charge in [0, 0.05) is 18.8 Å². The van der Waals surface area contributed by atoms with Gasteiger partial charge in [0.1, 0.15) is 29.5 Å². The number of aryl methyl sites for hydroxylation is 1. The van der Waals surface area contributed by atoms with Crippen LogP contribution in [0.5, 0.6) is 11.6 Å². The van der Waals surface area contributed by atoms with Crippen LogP contribution in [0.25, 0.3) is 0 Å². The lowest BCUT2D eigenvalue weighted by atomic mass is 9.83. The maximum atomic E-state index is 10.2. The Morgan fingerprint density at radius 2 is 1.94 bits per heavy atom. The van der Waals surface area contributed by atoms with Crippen molar-refractivity contribution in [3.8, 4) is 17.7 Å². The Morgan fingerprint density at radius 3 is 2.67 bits per heavy atom. The monoisotopic (exact) mass is 445 g/mol. The number of hydrogen-bond donors (Lipinski definition) is 3. The predicted octanol–water partition coefficient (Wildman–Crippen LogP) is 3.96. The number of rotatable bonds is 7. The van der Waals surface area contributed by atoms with Gasteiger partial charge in [0.2, 0.25) is 11.8 Å². The third-order valence-electron chi connectivity index (χ3n) is 5.73. The number of benzene rings is 1. The summed E-state index contributed by atoms with van der Waals surface area (Å²) in [5.41, 5.74) is 1.65. The molecule has 0 radical (unpaired) electrons. The largest absolute Gasteiger partial charge is 0.439 e. The summed E-state index contributed by atoms with van der Waals surface area (Å²) < 4.78 is 5.92. The number of hydrogen-bond acceptors (Lipinski definition) is 9. The molecule has 1 aliphatic carbocycles. The zero-order valence-electron chi connectivity index (χ0n) is 18.7. The van der Waals surface area contributed by atoms with Gasteiger partial charge in [-0.25, -0.2) is 15.0 Å². The Kier molecular flexibility index (Phi) is 6.66. The molecule has 170 valence electrons. The van der Waals surface area contributed by atoms with E-state index in [0.717, 1.165) is 24.0 Å². The number of nitriles is 1. The molecule has 1 saturated carbocycles. The van der Waals surface area contributed by atoms with Crippen molar-refractivity contribution in [1.29, 1.82) is 5.26 Å². The first-order valence-corrected chi connectivity index (χ1v) is 11.0. The molecule has 0 saturated heterocycles. The molecular weight excluding hydrogens is 418 g/mol.